The van der Waals surface area contributed by atoms with Gasteiger partial charge in [-0.2, -0.15) is 17.6 Å². The second-order valence-electron chi connectivity index (χ2n) is 4.46. The van der Waals surface area contributed by atoms with E-state index < -0.39 is 23.4 Å². The number of allylic oxidation sites excluding steroid dienone is 4. The molecule has 0 aromatic heterocycles. The van der Waals surface area contributed by atoms with E-state index in [4.69, 9.17) is 0 Å². The highest BCUT2D eigenvalue weighted by Gasteiger charge is 2.66. The Morgan fingerprint density at radius 1 is 0.941 bits per heavy atom. The third-order valence-corrected chi connectivity index (χ3v) is 2.33. The molecule has 0 atom stereocenters. The van der Waals surface area contributed by atoms with Gasteiger partial charge in [-0.15, -0.1) is 0 Å². The van der Waals surface area contributed by atoms with E-state index in [1.807, 2.05) is 0 Å². The average molecular weight is 250 g/mol. The Hall–Kier alpha value is -1.46. The van der Waals surface area contributed by atoms with Crippen LogP contribution in [-0.2, 0) is 9.47 Å². The molecule has 0 aromatic rings. The van der Waals surface area contributed by atoms with Crippen molar-refractivity contribution in [3.63, 3.8) is 0 Å². The van der Waals surface area contributed by atoms with Gasteiger partial charge in [-0.1, -0.05) is 26.0 Å². The number of fused-ring (bicyclic) bond motifs is 1. The summed E-state index contributed by atoms with van der Waals surface area (Å²) in [5.74, 6) is -0.779. The van der Waals surface area contributed by atoms with E-state index in [1.165, 1.54) is 18.2 Å². The molecule has 0 unspecified atom stereocenters. The predicted molar refractivity (Wildman–Crippen MR) is 51.2 cm³/mol. The molecule has 1 fully saturated rings. The molecule has 0 saturated carbocycles. The molecule has 0 bridgehead atoms. The van der Waals surface area contributed by atoms with E-state index in [1.54, 1.807) is 19.9 Å². The summed E-state index contributed by atoms with van der Waals surface area (Å²) in [6, 6.07) is 0. The minimum atomic E-state index is -4.67. The fraction of sp³-hybridized carbons (Fsp3) is 0.455. The molecule has 94 valence electrons. The van der Waals surface area contributed by atoms with Gasteiger partial charge in [0.05, 0.1) is 0 Å². The normalized spacial score (nSPS) is 27.9. The molecular weight excluding hydrogens is 240 g/mol. The Balaban J connectivity index is 2.43. The summed E-state index contributed by atoms with van der Waals surface area (Å²) in [5.41, 5.74) is -0.584. The maximum atomic E-state index is 13.0. The molecule has 0 spiro atoms. The van der Waals surface area contributed by atoms with Crippen molar-refractivity contribution in [2.24, 2.45) is 5.41 Å². The van der Waals surface area contributed by atoms with Crippen molar-refractivity contribution in [1.29, 1.82) is 0 Å². The van der Waals surface area contributed by atoms with Crippen LogP contribution in [-0.4, -0.2) is 12.2 Å². The molecule has 1 saturated heterocycles. The van der Waals surface area contributed by atoms with Crippen LogP contribution in [0.5, 0.6) is 0 Å². The van der Waals surface area contributed by atoms with Crippen LogP contribution in [0.2, 0.25) is 0 Å². The van der Waals surface area contributed by atoms with E-state index in [9.17, 15) is 17.6 Å². The van der Waals surface area contributed by atoms with E-state index >= 15 is 0 Å². The van der Waals surface area contributed by atoms with Crippen LogP contribution in [0.3, 0.4) is 0 Å². The third kappa shape index (κ3) is 2.03. The molecule has 2 aliphatic rings. The van der Waals surface area contributed by atoms with Crippen LogP contribution >= 0.6 is 0 Å². The highest BCUT2D eigenvalue weighted by molar-refractivity contribution is 5.33. The van der Waals surface area contributed by atoms with Crippen molar-refractivity contribution >= 4 is 0 Å². The van der Waals surface area contributed by atoms with Gasteiger partial charge in [0.15, 0.2) is 11.5 Å². The first-order chi connectivity index (χ1) is 7.63. The molecular formula is C11H10F4O2. The molecule has 1 heterocycles. The van der Waals surface area contributed by atoms with Gasteiger partial charge in [-0.05, 0) is 12.2 Å². The second-order valence-corrected chi connectivity index (χ2v) is 4.46. The summed E-state index contributed by atoms with van der Waals surface area (Å²) < 4.78 is 59.7. The Bertz CT molecular complexity index is 433. The van der Waals surface area contributed by atoms with E-state index in [-0.39, 0.29) is 5.76 Å². The lowest BCUT2D eigenvalue weighted by molar-refractivity contribution is -0.430. The summed E-state index contributed by atoms with van der Waals surface area (Å²) >= 11 is 0. The van der Waals surface area contributed by atoms with Crippen LogP contribution in [0.15, 0.2) is 35.8 Å². The van der Waals surface area contributed by atoms with Gasteiger partial charge in [0, 0.05) is 5.41 Å². The molecule has 0 aromatic carbocycles. The van der Waals surface area contributed by atoms with Crippen molar-refractivity contribution in [3.05, 3.63) is 35.8 Å². The molecule has 0 amide bonds. The van der Waals surface area contributed by atoms with Gasteiger partial charge in [0.1, 0.15) is 0 Å². The molecule has 2 rings (SSSR count). The molecule has 2 nitrogen and oxygen atoms in total. The van der Waals surface area contributed by atoms with Crippen molar-refractivity contribution in [3.8, 4) is 0 Å². The van der Waals surface area contributed by atoms with Crippen LogP contribution < -0.4 is 0 Å². The van der Waals surface area contributed by atoms with Gasteiger partial charge < -0.3 is 9.47 Å². The first kappa shape index (κ1) is 12.0. The lowest BCUT2D eigenvalue weighted by Gasteiger charge is -2.33. The lowest BCUT2D eigenvalue weighted by Crippen LogP contribution is -2.48. The van der Waals surface area contributed by atoms with Crippen LogP contribution in [0.1, 0.15) is 13.8 Å². The summed E-state index contributed by atoms with van der Waals surface area (Å²) in [4.78, 5) is 0. The van der Waals surface area contributed by atoms with Crippen molar-refractivity contribution in [1.82, 2.24) is 0 Å². The SMILES string of the molecule is CC1(C)C=CC=C2OC(F)(F)C(F)(F)OC2=C1. The van der Waals surface area contributed by atoms with Crippen molar-refractivity contribution in [2.45, 2.75) is 26.1 Å². The summed E-state index contributed by atoms with van der Waals surface area (Å²) in [6.07, 6.45) is -3.74. The summed E-state index contributed by atoms with van der Waals surface area (Å²) in [5, 5.41) is 0. The maximum absolute atomic E-state index is 13.0. The van der Waals surface area contributed by atoms with Gasteiger partial charge in [-0.25, -0.2) is 0 Å². The smallest absolute Gasteiger partial charge is 0.421 e. The summed E-state index contributed by atoms with van der Waals surface area (Å²) in [6.45, 7) is 3.45. The predicted octanol–water partition coefficient (Wildman–Crippen LogP) is 3.58. The first-order valence-electron chi connectivity index (χ1n) is 4.89. The quantitative estimate of drug-likeness (QED) is 0.612. The van der Waals surface area contributed by atoms with Crippen LogP contribution in [0.25, 0.3) is 0 Å². The standard InChI is InChI=1S/C11H10F4O2/c1-9(2)5-3-4-7-8(6-9)17-11(14,15)10(12,13)16-7/h3-6H,1-2H3. The number of hydrogen-bond acceptors (Lipinski definition) is 2. The zero-order chi connectivity index (χ0) is 12.9. The third-order valence-electron chi connectivity index (χ3n) is 2.33. The topological polar surface area (TPSA) is 18.5 Å². The van der Waals surface area contributed by atoms with E-state index in [2.05, 4.69) is 9.47 Å². The highest BCUT2D eigenvalue weighted by Crippen LogP contribution is 2.47. The Morgan fingerprint density at radius 3 is 2.06 bits per heavy atom. The van der Waals surface area contributed by atoms with Gasteiger partial charge in [-0.3, -0.25) is 0 Å². The largest absolute Gasteiger partial charge is 0.507 e. The fourth-order valence-electron chi connectivity index (χ4n) is 1.48. The van der Waals surface area contributed by atoms with E-state index in [0.29, 0.717) is 0 Å². The van der Waals surface area contributed by atoms with Gasteiger partial charge in [0.2, 0.25) is 0 Å². The Kier molecular flexibility index (Phi) is 2.31. The zero-order valence-electron chi connectivity index (χ0n) is 9.14. The Labute approximate surface area is 95.2 Å². The number of alkyl halides is 4. The highest BCUT2D eigenvalue weighted by atomic mass is 19.3. The fourth-order valence-corrected chi connectivity index (χ4v) is 1.48. The minimum Gasteiger partial charge on any atom is -0.421 e. The van der Waals surface area contributed by atoms with Crippen LogP contribution in [0.4, 0.5) is 17.6 Å². The molecule has 17 heavy (non-hydrogen) atoms. The zero-order valence-corrected chi connectivity index (χ0v) is 9.14. The van der Waals surface area contributed by atoms with Crippen LogP contribution in [0, 0.1) is 5.41 Å². The number of hydrogen-bond donors (Lipinski definition) is 0. The average Bonchev–Trinajstić information content (AvgIpc) is 2.23. The number of halogens is 4. The molecule has 0 radical (unpaired) electrons. The summed E-state index contributed by atoms with van der Waals surface area (Å²) in [7, 11) is 0. The Morgan fingerprint density at radius 2 is 1.47 bits per heavy atom. The van der Waals surface area contributed by atoms with Gasteiger partial charge in [0.25, 0.3) is 0 Å². The van der Waals surface area contributed by atoms with Crippen molar-refractivity contribution in [2.75, 3.05) is 0 Å². The molecule has 1 aliphatic heterocycles. The second kappa shape index (κ2) is 3.27. The maximum Gasteiger partial charge on any atom is 0.507 e. The minimum absolute atomic E-state index is 0.379. The number of ether oxygens (including phenoxy) is 2. The monoisotopic (exact) mass is 250 g/mol. The molecule has 0 N–H and O–H groups in total. The molecule has 1 aliphatic carbocycles. The molecule has 6 heteroatoms. The van der Waals surface area contributed by atoms with E-state index in [0.717, 1.165) is 0 Å². The lowest BCUT2D eigenvalue weighted by atomic mass is 9.93. The number of rotatable bonds is 0. The van der Waals surface area contributed by atoms with Crippen molar-refractivity contribution < 1.29 is 27.0 Å². The first-order valence-corrected chi connectivity index (χ1v) is 4.89. The van der Waals surface area contributed by atoms with Gasteiger partial charge >= 0.3 is 12.2 Å².